The van der Waals surface area contributed by atoms with Gasteiger partial charge in [0.15, 0.2) is 0 Å². The van der Waals surface area contributed by atoms with E-state index in [4.69, 9.17) is 9.72 Å². The molecule has 0 amide bonds. The topological polar surface area (TPSA) is 63.5 Å². The lowest BCUT2D eigenvalue weighted by Crippen LogP contribution is -2.47. The lowest BCUT2D eigenvalue weighted by molar-refractivity contribution is 0.189. The minimum absolute atomic E-state index is 0.0119. The highest BCUT2D eigenvalue weighted by Gasteiger charge is 2.29. The zero-order chi connectivity index (χ0) is 23.5. The van der Waals surface area contributed by atoms with Crippen molar-refractivity contribution in [3.8, 4) is 5.75 Å². The highest BCUT2D eigenvalue weighted by atomic mass is 16.5. The molecule has 0 aliphatic carbocycles. The van der Waals surface area contributed by atoms with Gasteiger partial charge in [0, 0.05) is 30.9 Å². The van der Waals surface area contributed by atoms with E-state index in [1.807, 2.05) is 79.9 Å². The predicted molar refractivity (Wildman–Crippen MR) is 132 cm³/mol. The molecule has 7 nitrogen and oxygen atoms in total. The van der Waals surface area contributed by atoms with Crippen LogP contribution in [0.5, 0.6) is 5.75 Å². The first-order chi connectivity index (χ1) is 16.6. The third-order valence-corrected chi connectivity index (χ3v) is 6.10. The van der Waals surface area contributed by atoms with Gasteiger partial charge in [-0.05, 0) is 36.2 Å². The maximum atomic E-state index is 13.8. The molecule has 0 saturated carbocycles. The number of fused-ring (bicyclic) bond motifs is 1. The molecule has 0 bridgehead atoms. The molecule has 2 aromatic carbocycles. The smallest absolute Gasteiger partial charge is 0.259 e. The van der Waals surface area contributed by atoms with Crippen molar-refractivity contribution in [2.75, 3.05) is 18.7 Å². The van der Waals surface area contributed by atoms with Gasteiger partial charge in [-0.25, -0.2) is 4.98 Å². The van der Waals surface area contributed by atoms with Crippen molar-refractivity contribution < 1.29 is 4.74 Å². The Morgan fingerprint density at radius 1 is 0.941 bits per heavy atom. The van der Waals surface area contributed by atoms with Crippen molar-refractivity contribution in [3.05, 3.63) is 112 Å². The summed E-state index contributed by atoms with van der Waals surface area (Å²) in [4.78, 5) is 27.2. The Morgan fingerprint density at radius 2 is 1.71 bits per heavy atom. The maximum Gasteiger partial charge on any atom is 0.259 e. The predicted octanol–water partition coefficient (Wildman–Crippen LogP) is 4.12. The van der Waals surface area contributed by atoms with E-state index >= 15 is 0 Å². The standard InChI is InChI=1S/C27H27N5O2/c1-20-23(15-21-9-4-3-5-10-21)26(33)32-19-30(17-22-11-8-14-28-16-22)18-31(27(32)29-20)24-12-6-7-13-25(24)34-2/h3-14,16H,15,17-19H2,1-2H3. The van der Waals surface area contributed by atoms with Crippen LogP contribution in [0.4, 0.5) is 11.6 Å². The number of benzene rings is 2. The van der Waals surface area contributed by atoms with Crippen LogP contribution in [0.15, 0.2) is 83.9 Å². The number of methoxy groups -OCH3 is 1. The first-order valence-electron chi connectivity index (χ1n) is 11.3. The monoisotopic (exact) mass is 453 g/mol. The van der Waals surface area contributed by atoms with Crippen molar-refractivity contribution in [2.45, 2.75) is 26.6 Å². The van der Waals surface area contributed by atoms with Gasteiger partial charge in [-0.3, -0.25) is 24.1 Å². The second kappa shape index (κ2) is 9.49. The van der Waals surface area contributed by atoms with E-state index < -0.39 is 0 Å². The molecule has 34 heavy (non-hydrogen) atoms. The Hall–Kier alpha value is -3.97. The number of rotatable bonds is 6. The van der Waals surface area contributed by atoms with Crippen LogP contribution >= 0.6 is 0 Å². The maximum absolute atomic E-state index is 13.8. The van der Waals surface area contributed by atoms with Crippen LogP contribution in [-0.2, 0) is 19.6 Å². The number of pyridine rings is 1. The van der Waals surface area contributed by atoms with Gasteiger partial charge in [0.05, 0.1) is 31.8 Å². The van der Waals surface area contributed by atoms with Gasteiger partial charge in [0.1, 0.15) is 5.75 Å². The molecule has 0 unspecified atom stereocenters. The minimum atomic E-state index is -0.0119. The fourth-order valence-corrected chi connectivity index (χ4v) is 4.42. The molecular formula is C27H27N5O2. The van der Waals surface area contributed by atoms with Crippen LogP contribution in [0, 0.1) is 6.92 Å². The van der Waals surface area contributed by atoms with Crippen molar-refractivity contribution >= 4 is 11.6 Å². The van der Waals surface area contributed by atoms with Crippen molar-refractivity contribution in [3.63, 3.8) is 0 Å². The highest BCUT2D eigenvalue weighted by molar-refractivity contribution is 5.66. The van der Waals surface area contributed by atoms with E-state index in [-0.39, 0.29) is 5.56 Å². The fourth-order valence-electron chi connectivity index (χ4n) is 4.42. The molecule has 0 N–H and O–H groups in total. The quantitative estimate of drug-likeness (QED) is 0.438. The zero-order valence-electron chi connectivity index (χ0n) is 19.4. The van der Waals surface area contributed by atoms with E-state index in [0.717, 1.165) is 33.8 Å². The molecular weight excluding hydrogens is 426 g/mol. The van der Waals surface area contributed by atoms with Crippen molar-refractivity contribution in [1.29, 1.82) is 0 Å². The zero-order valence-corrected chi connectivity index (χ0v) is 19.4. The molecule has 0 atom stereocenters. The Kier molecular flexibility index (Phi) is 6.10. The second-order valence-electron chi connectivity index (χ2n) is 8.44. The Morgan fingerprint density at radius 3 is 2.47 bits per heavy atom. The molecule has 1 aliphatic heterocycles. The number of para-hydroxylation sites is 2. The number of aryl methyl sites for hydroxylation is 1. The van der Waals surface area contributed by atoms with Crippen LogP contribution < -0.4 is 15.2 Å². The molecule has 5 rings (SSSR count). The lowest BCUT2D eigenvalue weighted by Gasteiger charge is -2.38. The molecule has 0 saturated heterocycles. The minimum Gasteiger partial charge on any atom is -0.495 e. The SMILES string of the molecule is COc1ccccc1N1CN(Cc2cccnc2)Cn2c1nc(C)c(Cc1ccccc1)c2=O. The van der Waals surface area contributed by atoms with Gasteiger partial charge >= 0.3 is 0 Å². The fraction of sp³-hybridized carbons (Fsp3) is 0.222. The van der Waals surface area contributed by atoms with E-state index in [1.54, 1.807) is 17.9 Å². The van der Waals surface area contributed by atoms with Crippen LogP contribution in [0.1, 0.15) is 22.4 Å². The number of hydrogen-bond donors (Lipinski definition) is 0. The number of anilines is 2. The normalized spacial score (nSPS) is 13.5. The van der Waals surface area contributed by atoms with E-state index in [1.165, 1.54) is 0 Å². The summed E-state index contributed by atoms with van der Waals surface area (Å²) >= 11 is 0. The van der Waals surface area contributed by atoms with Gasteiger partial charge in [-0.1, -0.05) is 48.5 Å². The summed E-state index contributed by atoms with van der Waals surface area (Å²) < 4.78 is 7.42. The lowest BCUT2D eigenvalue weighted by atomic mass is 10.1. The Labute approximate surface area is 198 Å². The summed E-state index contributed by atoms with van der Waals surface area (Å²) in [6.07, 6.45) is 4.18. The molecule has 2 aromatic heterocycles. The van der Waals surface area contributed by atoms with Crippen LogP contribution in [0.3, 0.4) is 0 Å². The van der Waals surface area contributed by atoms with E-state index in [9.17, 15) is 4.79 Å². The number of nitrogens with zero attached hydrogens (tertiary/aromatic N) is 5. The van der Waals surface area contributed by atoms with E-state index in [0.29, 0.717) is 32.3 Å². The summed E-state index contributed by atoms with van der Waals surface area (Å²) in [5.41, 5.74) is 4.51. The molecule has 0 spiro atoms. The average Bonchev–Trinajstić information content (AvgIpc) is 2.88. The molecule has 1 aliphatic rings. The van der Waals surface area contributed by atoms with Crippen molar-refractivity contribution in [2.24, 2.45) is 0 Å². The van der Waals surface area contributed by atoms with Crippen LogP contribution in [0.2, 0.25) is 0 Å². The molecule has 0 fully saturated rings. The van der Waals surface area contributed by atoms with E-state index in [2.05, 4.69) is 14.8 Å². The van der Waals surface area contributed by atoms with Crippen LogP contribution in [0.25, 0.3) is 0 Å². The van der Waals surface area contributed by atoms with Gasteiger partial charge in [0.25, 0.3) is 5.56 Å². The summed E-state index contributed by atoms with van der Waals surface area (Å²) in [6.45, 7) is 3.60. The second-order valence-corrected chi connectivity index (χ2v) is 8.44. The van der Waals surface area contributed by atoms with Crippen molar-refractivity contribution in [1.82, 2.24) is 19.4 Å². The third-order valence-electron chi connectivity index (χ3n) is 6.10. The molecule has 0 radical (unpaired) electrons. The number of aromatic nitrogens is 3. The summed E-state index contributed by atoms with van der Waals surface area (Å²) in [5.74, 6) is 1.36. The summed E-state index contributed by atoms with van der Waals surface area (Å²) in [6, 6.07) is 21.9. The molecule has 172 valence electrons. The largest absolute Gasteiger partial charge is 0.495 e. The van der Waals surface area contributed by atoms with Gasteiger partial charge in [0.2, 0.25) is 5.95 Å². The van der Waals surface area contributed by atoms with Crippen LogP contribution in [-0.4, -0.2) is 33.2 Å². The molecule has 4 aromatic rings. The van der Waals surface area contributed by atoms with Gasteiger partial charge in [-0.2, -0.15) is 0 Å². The first-order valence-corrected chi connectivity index (χ1v) is 11.3. The summed E-state index contributed by atoms with van der Waals surface area (Å²) in [5, 5.41) is 0. The Bertz CT molecular complexity index is 1340. The van der Waals surface area contributed by atoms with Gasteiger partial charge < -0.3 is 4.74 Å². The molecule has 3 heterocycles. The Balaban J connectivity index is 1.60. The first kappa shape index (κ1) is 21.9. The number of ether oxygens (including phenoxy) is 1. The molecule has 7 heteroatoms. The average molecular weight is 454 g/mol. The third kappa shape index (κ3) is 4.30. The van der Waals surface area contributed by atoms with Gasteiger partial charge in [-0.15, -0.1) is 0 Å². The summed E-state index contributed by atoms with van der Waals surface area (Å²) in [7, 11) is 1.66. The number of hydrogen-bond acceptors (Lipinski definition) is 6. The highest BCUT2D eigenvalue weighted by Crippen LogP contribution is 2.35.